The molecule has 0 radical (unpaired) electrons. The minimum atomic E-state index is -3.19. The van der Waals surface area contributed by atoms with Crippen LogP contribution in [0.4, 0.5) is 5.00 Å². The normalized spacial score (nSPS) is 14.9. The molecule has 1 aromatic heterocycles. The van der Waals surface area contributed by atoms with Gasteiger partial charge in [0.05, 0.1) is 30.3 Å². The van der Waals surface area contributed by atoms with Crippen LogP contribution in [-0.2, 0) is 38.1 Å². The highest BCUT2D eigenvalue weighted by atomic mass is 32.2. The number of rotatable bonds is 6. The molecule has 0 saturated carbocycles. The van der Waals surface area contributed by atoms with E-state index in [2.05, 4.69) is 5.32 Å². The van der Waals surface area contributed by atoms with E-state index >= 15 is 0 Å². The van der Waals surface area contributed by atoms with Crippen LogP contribution in [0.25, 0.3) is 0 Å². The number of sulfone groups is 1. The van der Waals surface area contributed by atoms with Gasteiger partial charge in [0.15, 0.2) is 9.84 Å². The Bertz CT molecular complexity index is 992. The van der Waals surface area contributed by atoms with Gasteiger partial charge < -0.3 is 14.8 Å². The molecule has 3 rings (SSSR count). The van der Waals surface area contributed by atoms with Crippen LogP contribution in [0.3, 0.4) is 0 Å². The Kier molecular flexibility index (Phi) is 6.17. The summed E-state index contributed by atoms with van der Waals surface area (Å²) in [7, 11) is -1.60. The van der Waals surface area contributed by atoms with Crippen molar-refractivity contribution in [3.8, 4) is 0 Å². The predicted molar refractivity (Wildman–Crippen MR) is 107 cm³/mol. The van der Waals surface area contributed by atoms with Gasteiger partial charge in [-0.3, -0.25) is 4.79 Å². The number of amides is 1. The lowest BCUT2D eigenvalue weighted by Crippen LogP contribution is -2.20. The number of anilines is 1. The summed E-state index contributed by atoms with van der Waals surface area (Å²) in [6.07, 6.45) is 0.240. The van der Waals surface area contributed by atoms with Gasteiger partial charge in [-0.05, 0) is 36.6 Å². The molecule has 1 N–H and O–H groups in total. The van der Waals surface area contributed by atoms with Crippen molar-refractivity contribution in [1.82, 2.24) is 0 Å². The molecular formula is C19H21NO6S2. The smallest absolute Gasteiger partial charge is 0.341 e. The Morgan fingerprint density at radius 1 is 1.21 bits per heavy atom. The third-order valence-corrected chi connectivity index (χ3v) is 7.22. The summed E-state index contributed by atoms with van der Waals surface area (Å²) in [5, 5.41) is 3.08. The molecule has 7 nitrogen and oxygen atoms in total. The quantitative estimate of drug-likeness (QED) is 0.718. The predicted octanol–water partition coefficient (Wildman–Crippen LogP) is 2.79. The number of methoxy groups -OCH3 is 1. The zero-order valence-electron chi connectivity index (χ0n) is 15.6. The maximum Gasteiger partial charge on any atom is 0.341 e. The van der Waals surface area contributed by atoms with E-state index in [1.54, 1.807) is 38.3 Å². The fraction of sp³-hybridized carbons (Fsp3) is 0.368. The first kappa shape index (κ1) is 20.5. The summed E-state index contributed by atoms with van der Waals surface area (Å²) in [6, 6.07) is 6.92. The molecule has 0 spiro atoms. The molecule has 0 atom stereocenters. The van der Waals surface area contributed by atoms with Gasteiger partial charge in [0.2, 0.25) is 0 Å². The molecule has 9 heteroatoms. The highest BCUT2D eigenvalue weighted by molar-refractivity contribution is 7.90. The van der Waals surface area contributed by atoms with Crippen molar-refractivity contribution in [2.45, 2.75) is 25.7 Å². The van der Waals surface area contributed by atoms with Crippen LogP contribution in [0.1, 0.15) is 43.6 Å². The van der Waals surface area contributed by atoms with E-state index in [1.165, 1.54) is 0 Å². The Morgan fingerprint density at radius 3 is 2.57 bits per heavy atom. The summed E-state index contributed by atoms with van der Waals surface area (Å²) in [5.41, 5.74) is 2.28. The van der Waals surface area contributed by atoms with E-state index < -0.39 is 15.8 Å². The van der Waals surface area contributed by atoms with Gasteiger partial charge in [0.25, 0.3) is 5.91 Å². The largest absolute Gasteiger partial charge is 0.462 e. The van der Waals surface area contributed by atoms with E-state index in [9.17, 15) is 18.0 Å². The molecule has 2 heterocycles. The monoisotopic (exact) mass is 423 g/mol. The van der Waals surface area contributed by atoms with Crippen LogP contribution in [0.15, 0.2) is 24.3 Å². The van der Waals surface area contributed by atoms with Crippen LogP contribution in [0, 0.1) is 0 Å². The first-order valence-corrected chi connectivity index (χ1v) is 11.4. The highest BCUT2D eigenvalue weighted by Gasteiger charge is 2.32. The lowest BCUT2D eigenvalue weighted by atomic mass is 10.1. The second kappa shape index (κ2) is 8.42. The van der Waals surface area contributed by atoms with Crippen molar-refractivity contribution in [2.75, 3.05) is 24.8 Å². The van der Waals surface area contributed by atoms with Gasteiger partial charge in [0, 0.05) is 17.6 Å². The van der Waals surface area contributed by atoms with E-state index in [-0.39, 0.29) is 36.0 Å². The molecule has 150 valence electrons. The molecular weight excluding hydrogens is 402 g/mol. The molecule has 28 heavy (non-hydrogen) atoms. The number of esters is 1. The van der Waals surface area contributed by atoms with Gasteiger partial charge in [-0.2, -0.15) is 0 Å². The summed E-state index contributed by atoms with van der Waals surface area (Å²) < 4.78 is 34.1. The number of benzene rings is 1. The van der Waals surface area contributed by atoms with Crippen LogP contribution < -0.4 is 5.32 Å². The van der Waals surface area contributed by atoms with Crippen molar-refractivity contribution in [2.24, 2.45) is 0 Å². The Hall–Kier alpha value is -2.23. The van der Waals surface area contributed by atoms with Crippen LogP contribution in [0.5, 0.6) is 0 Å². The second-order valence-electron chi connectivity index (χ2n) is 6.35. The van der Waals surface area contributed by atoms with Crippen LogP contribution in [0.2, 0.25) is 0 Å². The molecule has 0 bridgehead atoms. The number of hydrogen-bond acceptors (Lipinski definition) is 7. The Labute approximate surface area is 167 Å². The molecule has 1 amide bonds. The number of hydrogen-bond donors (Lipinski definition) is 1. The molecule has 1 aliphatic heterocycles. The number of thiophene rings is 1. The van der Waals surface area contributed by atoms with Crippen molar-refractivity contribution in [3.63, 3.8) is 0 Å². The van der Waals surface area contributed by atoms with Gasteiger partial charge in [-0.25, -0.2) is 13.2 Å². The molecule has 2 aromatic rings. The number of ether oxygens (including phenoxy) is 2. The van der Waals surface area contributed by atoms with Crippen molar-refractivity contribution in [3.05, 3.63) is 51.4 Å². The molecule has 0 saturated heterocycles. The van der Waals surface area contributed by atoms with Crippen molar-refractivity contribution >= 4 is 38.1 Å². The molecule has 0 unspecified atom stereocenters. The minimum Gasteiger partial charge on any atom is -0.462 e. The molecule has 0 aliphatic carbocycles. The third-order valence-electron chi connectivity index (χ3n) is 4.34. The summed E-state index contributed by atoms with van der Waals surface area (Å²) in [5.74, 6) is -1.07. The SMILES string of the molecule is CCOC(=O)c1c(NC(=O)c2ccc(COC)cc2)sc2c1CCS(=O)(=O)C2. The van der Waals surface area contributed by atoms with Crippen molar-refractivity contribution < 1.29 is 27.5 Å². The molecule has 0 fully saturated rings. The number of nitrogens with one attached hydrogen (secondary N) is 1. The maximum absolute atomic E-state index is 12.7. The van der Waals surface area contributed by atoms with Gasteiger partial charge >= 0.3 is 5.97 Å². The molecule has 1 aliphatic rings. The van der Waals surface area contributed by atoms with Crippen LogP contribution >= 0.6 is 11.3 Å². The highest BCUT2D eigenvalue weighted by Crippen LogP contribution is 2.38. The molecule has 1 aromatic carbocycles. The maximum atomic E-state index is 12.7. The summed E-state index contributed by atoms with van der Waals surface area (Å²) >= 11 is 1.12. The van der Waals surface area contributed by atoms with E-state index in [0.29, 0.717) is 27.6 Å². The Balaban J connectivity index is 1.91. The Morgan fingerprint density at radius 2 is 1.93 bits per heavy atom. The van der Waals surface area contributed by atoms with Crippen molar-refractivity contribution in [1.29, 1.82) is 0 Å². The van der Waals surface area contributed by atoms with Gasteiger partial charge in [0.1, 0.15) is 5.00 Å². The topological polar surface area (TPSA) is 98.8 Å². The average molecular weight is 424 g/mol. The lowest BCUT2D eigenvalue weighted by molar-refractivity contribution is 0.0527. The lowest BCUT2D eigenvalue weighted by Gasteiger charge is -2.13. The fourth-order valence-electron chi connectivity index (χ4n) is 3.02. The fourth-order valence-corrected chi connectivity index (χ4v) is 6.06. The standard InChI is InChI=1S/C19H21NO6S2/c1-3-26-19(22)16-14-8-9-28(23,24)11-15(14)27-18(16)20-17(21)13-6-4-12(5-7-13)10-25-2/h4-7H,3,8-11H2,1-2H3,(H,20,21). The average Bonchev–Trinajstić information content (AvgIpc) is 2.98. The third kappa shape index (κ3) is 4.43. The summed E-state index contributed by atoms with van der Waals surface area (Å²) in [4.78, 5) is 25.7. The second-order valence-corrected chi connectivity index (χ2v) is 9.64. The first-order valence-electron chi connectivity index (χ1n) is 8.76. The number of fused-ring (bicyclic) bond motifs is 1. The van der Waals surface area contributed by atoms with Gasteiger partial charge in [-0.1, -0.05) is 12.1 Å². The van der Waals surface area contributed by atoms with Crippen LogP contribution in [-0.4, -0.2) is 39.8 Å². The first-order chi connectivity index (χ1) is 13.3. The van der Waals surface area contributed by atoms with E-state index in [1.807, 2.05) is 0 Å². The number of carbonyl (C=O) groups excluding carboxylic acids is 2. The zero-order valence-corrected chi connectivity index (χ0v) is 17.2. The summed E-state index contributed by atoms with van der Waals surface area (Å²) in [6.45, 7) is 2.33. The zero-order chi connectivity index (χ0) is 20.3. The van der Waals surface area contributed by atoms with E-state index in [0.717, 1.165) is 16.9 Å². The van der Waals surface area contributed by atoms with Gasteiger partial charge in [-0.15, -0.1) is 11.3 Å². The minimum absolute atomic E-state index is 0.0164. The number of carbonyl (C=O) groups is 2. The van der Waals surface area contributed by atoms with E-state index in [4.69, 9.17) is 9.47 Å².